The van der Waals surface area contributed by atoms with Gasteiger partial charge in [0.05, 0.1) is 22.8 Å². The van der Waals surface area contributed by atoms with Crippen LogP contribution >= 0.6 is 0 Å². The Kier molecular flexibility index (Phi) is 3.30. The maximum atomic E-state index is 12.0. The molecule has 0 aliphatic carbocycles. The second-order valence-corrected chi connectivity index (χ2v) is 5.70. The van der Waals surface area contributed by atoms with Gasteiger partial charge in [-0.1, -0.05) is 26.0 Å². The highest BCUT2D eigenvalue weighted by atomic mass is 32.2. The van der Waals surface area contributed by atoms with Gasteiger partial charge >= 0.3 is 0 Å². The molecule has 0 amide bonds. The fraction of sp³-hybridized carbons (Fsp3) is 0.500. The van der Waals surface area contributed by atoms with Crippen LogP contribution in [0.5, 0.6) is 5.75 Å². The number of benzene rings is 1. The van der Waals surface area contributed by atoms with Gasteiger partial charge in [-0.05, 0) is 11.6 Å². The highest BCUT2D eigenvalue weighted by Gasteiger charge is 2.31. The predicted octanol–water partition coefficient (Wildman–Crippen LogP) is 1.86. The maximum absolute atomic E-state index is 12.0. The molecule has 0 aromatic heterocycles. The Labute approximate surface area is 98.7 Å². The van der Waals surface area contributed by atoms with Gasteiger partial charge in [0.15, 0.2) is 0 Å². The fourth-order valence-electron chi connectivity index (χ4n) is 2.08. The number of nitrogens with one attached hydrogen (secondary N) is 1. The molecular weight excluding hydrogens is 222 g/mol. The van der Waals surface area contributed by atoms with Crippen molar-refractivity contribution in [2.75, 3.05) is 12.9 Å². The minimum Gasteiger partial charge on any atom is -0.495 e. The summed E-state index contributed by atoms with van der Waals surface area (Å²) in [6.07, 6.45) is 0. The first-order chi connectivity index (χ1) is 7.63. The molecule has 0 spiro atoms. The third-order valence-electron chi connectivity index (χ3n) is 2.68. The van der Waals surface area contributed by atoms with Gasteiger partial charge in [-0.2, -0.15) is 0 Å². The van der Waals surface area contributed by atoms with Gasteiger partial charge in [0.25, 0.3) is 0 Å². The van der Waals surface area contributed by atoms with E-state index in [1.165, 1.54) is 0 Å². The Bertz CT molecular complexity index is 417. The molecule has 1 heterocycles. The number of hydrogen-bond donors (Lipinski definition) is 1. The molecule has 2 rings (SSSR count). The summed E-state index contributed by atoms with van der Waals surface area (Å²) >= 11 is 0. The maximum Gasteiger partial charge on any atom is 0.135 e. The van der Waals surface area contributed by atoms with Crippen molar-refractivity contribution in [1.82, 2.24) is 5.32 Å². The molecule has 16 heavy (non-hydrogen) atoms. The lowest BCUT2D eigenvalue weighted by Gasteiger charge is -2.16. The van der Waals surface area contributed by atoms with E-state index >= 15 is 0 Å². The largest absolute Gasteiger partial charge is 0.495 e. The Morgan fingerprint density at radius 3 is 2.88 bits per heavy atom. The van der Waals surface area contributed by atoms with Crippen molar-refractivity contribution in [1.29, 1.82) is 0 Å². The summed E-state index contributed by atoms with van der Waals surface area (Å²) < 4.78 is 17.3. The number of ether oxygens (including phenoxy) is 1. The zero-order valence-corrected chi connectivity index (χ0v) is 10.6. The molecule has 0 saturated heterocycles. The van der Waals surface area contributed by atoms with Crippen molar-refractivity contribution >= 4 is 10.8 Å². The summed E-state index contributed by atoms with van der Waals surface area (Å²) in [6, 6.07) is 6.43. The monoisotopic (exact) mass is 239 g/mol. The molecule has 1 aliphatic heterocycles. The van der Waals surface area contributed by atoms with Crippen molar-refractivity contribution in [2.45, 2.75) is 30.8 Å². The van der Waals surface area contributed by atoms with Gasteiger partial charge in [-0.25, -0.2) is 0 Å². The van der Waals surface area contributed by atoms with Gasteiger partial charge in [0.1, 0.15) is 5.75 Å². The van der Waals surface area contributed by atoms with Crippen LogP contribution in [-0.4, -0.2) is 23.1 Å². The topological polar surface area (TPSA) is 38.3 Å². The van der Waals surface area contributed by atoms with Crippen LogP contribution in [0.4, 0.5) is 0 Å². The fourth-order valence-corrected chi connectivity index (χ4v) is 3.67. The van der Waals surface area contributed by atoms with E-state index in [1.54, 1.807) is 7.11 Å². The van der Waals surface area contributed by atoms with E-state index in [-0.39, 0.29) is 6.04 Å². The Morgan fingerprint density at radius 1 is 1.50 bits per heavy atom. The summed E-state index contributed by atoms with van der Waals surface area (Å²) in [5.41, 5.74) is 1.12. The molecule has 1 aromatic carbocycles. The molecule has 1 aliphatic rings. The minimum absolute atomic E-state index is 0.186. The SMILES string of the molecule is COc1cccc2c1S(=O)CC2NC(C)C. The normalized spacial score (nSPS) is 23.5. The summed E-state index contributed by atoms with van der Waals surface area (Å²) in [6.45, 7) is 4.20. The van der Waals surface area contributed by atoms with E-state index in [0.29, 0.717) is 11.8 Å². The summed E-state index contributed by atoms with van der Waals surface area (Å²) in [5, 5.41) is 3.43. The van der Waals surface area contributed by atoms with Crippen LogP contribution < -0.4 is 10.1 Å². The minimum atomic E-state index is -0.943. The second kappa shape index (κ2) is 4.55. The number of methoxy groups -OCH3 is 1. The van der Waals surface area contributed by atoms with E-state index in [2.05, 4.69) is 19.2 Å². The lowest BCUT2D eigenvalue weighted by atomic mass is 10.1. The molecule has 0 saturated carbocycles. The van der Waals surface area contributed by atoms with Crippen LogP contribution in [0.15, 0.2) is 23.1 Å². The average molecular weight is 239 g/mol. The van der Waals surface area contributed by atoms with Gasteiger partial charge in [-0.15, -0.1) is 0 Å². The van der Waals surface area contributed by atoms with E-state index in [1.807, 2.05) is 18.2 Å². The van der Waals surface area contributed by atoms with Crippen molar-refractivity contribution in [3.05, 3.63) is 23.8 Å². The standard InChI is InChI=1S/C12H17NO2S/c1-8(2)13-10-7-16(14)12-9(10)5-4-6-11(12)15-3/h4-6,8,10,13H,7H2,1-3H3. The Balaban J connectivity index is 2.39. The molecular formula is C12H17NO2S. The molecule has 2 unspecified atom stereocenters. The second-order valence-electron chi connectivity index (χ2n) is 4.26. The van der Waals surface area contributed by atoms with Crippen LogP contribution in [-0.2, 0) is 10.8 Å². The molecule has 1 aromatic rings. The molecule has 1 N–H and O–H groups in total. The van der Waals surface area contributed by atoms with E-state index in [4.69, 9.17) is 4.74 Å². The van der Waals surface area contributed by atoms with Crippen molar-refractivity contribution < 1.29 is 8.95 Å². The Hall–Kier alpha value is -0.870. The third-order valence-corrected chi connectivity index (χ3v) is 4.21. The number of hydrogen-bond acceptors (Lipinski definition) is 3. The molecule has 88 valence electrons. The quantitative estimate of drug-likeness (QED) is 0.875. The smallest absolute Gasteiger partial charge is 0.135 e. The molecule has 0 bridgehead atoms. The first kappa shape index (κ1) is 11.6. The molecule has 0 radical (unpaired) electrons. The molecule has 3 nitrogen and oxygen atoms in total. The zero-order valence-electron chi connectivity index (χ0n) is 9.82. The van der Waals surface area contributed by atoms with E-state index in [0.717, 1.165) is 16.2 Å². The van der Waals surface area contributed by atoms with E-state index < -0.39 is 10.8 Å². The zero-order chi connectivity index (χ0) is 11.7. The van der Waals surface area contributed by atoms with Crippen LogP contribution in [0.1, 0.15) is 25.5 Å². The van der Waals surface area contributed by atoms with Crippen molar-refractivity contribution in [2.24, 2.45) is 0 Å². The summed E-state index contributed by atoms with van der Waals surface area (Å²) in [4.78, 5) is 0.864. The first-order valence-corrected chi connectivity index (χ1v) is 6.76. The third kappa shape index (κ3) is 1.99. The van der Waals surface area contributed by atoms with Gasteiger partial charge in [0, 0.05) is 17.8 Å². The van der Waals surface area contributed by atoms with Crippen LogP contribution in [0.3, 0.4) is 0 Å². The molecule has 0 fully saturated rings. The lowest BCUT2D eigenvalue weighted by molar-refractivity contribution is 0.402. The Morgan fingerprint density at radius 2 is 2.25 bits per heavy atom. The van der Waals surface area contributed by atoms with E-state index in [9.17, 15) is 4.21 Å². The highest BCUT2D eigenvalue weighted by molar-refractivity contribution is 7.85. The van der Waals surface area contributed by atoms with Crippen molar-refractivity contribution in [3.8, 4) is 5.75 Å². The number of fused-ring (bicyclic) bond motifs is 1. The summed E-state index contributed by atoms with van der Waals surface area (Å²) in [5.74, 6) is 1.39. The number of rotatable bonds is 3. The highest BCUT2D eigenvalue weighted by Crippen LogP contribution is 2.37. The van der Waals surface area contributed by atoms with Crippen molar-refractivity contribution in [3.63, 3.8) is 0 Å². The van der Waals surface area contributed by atoms with Gasteiger partial charge in [0.2, 0.25) is 0 Å². The van der Waals surface area contributed by atoms with Gasteiger partial charge in [-0.3, -0.25) is 4.21 Å². The predicted molar refractivity (Wildman–Crippen MR) is 65.3 cm³/mol. The summed E-state index contributed by atoms with van der Waals surface area (Å²) in [7, 11) is 0.678. The first-order valence-electron chi connectivity index (χ1n) is 5.44. The van der Waals surface area contributed by atoms with Crippen LogP contribution in [0, 0.1) is 0 Å². The lowest BCUT2D eigenvalue weighted by Crippen LogP contribution is -2.28. The van der Waals surface area contributed by atoms with Gasteiger partial charge < -0.3 is 10.1 Å². The molecule has 4 heteroatoms. The van der Waals surface area contributed by atoms with Crippen LogP contribution in [0.2, 0.25) is 0 Å². The molecule has 2 atom stereocenters. The average Bonchev–Trinajstić information content (AvgIpc) is 2.55. The van der Waals surface area contributed by atoms with Crippen LogP contribution in [0.25, 0.3) is 0 Å².